The zero-order chi connectivity index (χ0) is 21.7. The van der Waals surface area contributed by atoms with Crippen LogP contribution >= 0.6 is 11.6 Å². The van der Waals surface area contributed by atoms with Crippen LogP contribution in [0.5, 0.6) is 0 Å². The molecule has 0 unspecified atom stereocenters. The molecular weight excluding hydrogens is 419 g/mol. The molecule has 2 aromatic carbocycles. The molecule has 31 heavy (non-hydrogen) atoms. The Labute approximate surface area is 180 Å². The summed E-state index contributed by atoms with van der Waals surface area (Å²) in [5.41, 5.74) is 7.53. The minimum Gasteiger partial charge on any atom is -0.383 e. The second kappa shape index (κ2) is 7.17. The molecule has 5 aromatic rings. The molecule has 5 rings (SSSR count). The van der Waals surface area contributed by atoms with Crippen molar-refractivity contribution in [1.82, 2.24) is 24.3 Å². The molecule has 0 fully saturated rings. The second-order valence-corrected chi connectivity index (χ2v) is 7.53. The summed E-state index contributed by atoms with van der Waals surface area (Å²) < 4.78 is 17.6. The molecular formula is C22H16ClFN6O. The maximum Gasteiger partial charge on any atom is 0.263 e. The molecule has 0 saturated heterocycles. The molecule has 0 aliphatic rings. The van der Waals surface area contributed by atoms with E-state index in [2.05, 4.69) is 15.1 Å². The van der Waals surface area contributed by atoms with Crippen LogP contribution in [0.2, 0.25) is 5.15 Å². The number of nitrogens with zero attached hydrogens (tertiary/aromatic N) is 5. The molecule has 3 aromatic heterocycles. The fourth-order valence-electron chi connectivity index (χ4n) is 3.85. The number of nitrogens with two attached hydrogens (primary N) is 1. The highest BCUT2D eigenvalue weighted by molar-refractivity contribution is 6.35. The molecule has 3 heterocycles. The number of pyridine rings is 1. The molecule has 0 atom stereocenters. The third-order valence-electron chi connectivity index (χ3n) is 5.25. The topological polar surface area (TPSA) is 91.6 Å². The lowest BCUT2D eigenvalue weighted by Gasteiger charge is -2.16. The van der Waals surface area contributed by atoms with Gasteiger partial charge in [-0.15, -0.1) is 0 Å². The van der Waals surface area contributed by atoms with Gasteiger partial charge < -0.3 is 5.73 Å². The standard InChI is InChI=1S/C22H16ClFN6O/c1-12-5-4-6-13-9-14(10-29-21-18(19(23)28-29)20(25)26-11-27-21)30(22(31)17(12)13)16-8-3-2-7-15(16)24/h2-9,11H,10H2,1H3,(H2,25,26,27). The third kappa shape index (κ3) is 3.03. The Kier molecular flexibility index (Phi) is 4.44. The molecule has 0 aliphatic carbocycles. The van der Waals surface area contributed by atoms with E-state index in [9.17, 15) is 9.18 Å². The minimum absolute atomic E-state index is 0.118. The Morgan fingerprint density at radius 1 is 1.10 bits per heavy atom. The van der Waals surface area contributed by atoms with Gasteiger partial charge in [0.05, 0.1) is 17.6 Å². The van der Waals surface area contributed by atoms with E-state index in [4.69, 9.17) is 17.3 Å². The summed E-state index contributed by atoms with van der Waals surface area (Å²) in [5, 5.41) is 6.19. The Morgan fingerprint density at radius 3 is 2.71 bits per heavy atom. The number of aromatic nitrogens is 5. The highest BCUT2D eigenvalue weighted by atomic mass is 35.5. The van der Waals surface area contributed by atoms with Crippen LogP contribution in [0, 0.1) is 12.7 Å². The van der Waals surface area contributed by atoms with Crippen LogP contribution in [0.1, 0.15) is 11.3 Å². The van der Waals surface area contributed by atoms with Crippen LogP contribution in [-0.4, -0.2) is 24.3 Å². The predicted molar refractivity (Wildman–Crippen MR) is 118 cm³/mol. The monoisotopic (exact) mass is 434 g/mol. The molecule has 0 amide bonds. The third-order valence-corrected chi connectivity index (χ3v) is 5.52. The lowest BCUT2D eigenvalue weighted by molar-refractivity contribution is 0.606. The van der Waals surface area contributed by atoms with Crippen molar-refractivity contribution in [3.8, 4) is 5.69 Å². The first-order valence-electron chi connectivity index (χ1n) is 9.47. The average Bonchev–Trinajstić information content (AvgIpc) is 3.05. The molecule has 0 saturated carbocycles. The van der Waals surface area contributed by atoms with E-state index in [1.165, 1.54) is 21.6 Å². The van der Waals surface area contributed by atoms with Crippen molar-refractivity contribution >= 4 is 39.2 Å². The number of benzene rings is 2. The van der Waals surface area contributed by atoms with Gasteiger partial charge in [0.25, 0.3) is 5.56 Å². The van der Waals surface area contributed by atoms with E-state index in [0.29, 0.717) is 22.1 Å². The Hall–Kier alpha value is -3.78. The number of rotatable bonds is 3. The molecule has 0 radical (unpaired) electrons. The van der Waals surface area contributed by atoms with Gasteiger partial charge in [0.2, 0.25) is 0 Å². The van der Waals surface area contributed by atoms with Crippen LogP contribution in [0.25, 0.3) is 27.5 Å². The Balaban J connectivity index is 1.82. The smallest absolute Gasteiger partial charge is 0.263 e. The molecule has 7 nitrogen and oxygen atoms in total. The van der Waals surface area contributed by atoms with Gasteiger partial charge >= 0.3 is 0 Å². The number of aryl methyl sites for hydroxylation is 1. The molecule has 0 bridgehead atoms. The van der Waals surface area contributed by atoms with Crippen molar-refractivity contribution in [2.24, 2.45) is 0 Å². The normalized spacial score (nSPS) is 11.5. The van der Waals surface area contributed by atoms with E-state index in [-0.39, 0.29) is 28.8 Å². The van der Waals surface area contributed by atoms with Crippen molar-refractivity contribution in [3.63, 3.8) is 0 Å². The lowest BCUT2D eigenvalue weighted by Crippen LogP contribution is -2.25. The van der Waals surface area contributed by atoms with Crippen LogP contribution < -0.4 is 11.3 Å². The molecule has 2 N–H and O–H groups in total. The first-order chi connectivity index (χ1) is 15.0. The summed E-state index contributed by atoms with van der Waals surface area (Å²) in [6.07, 6.45) is 1.32. The van der Waals surface area contributed by atoms with Crippen molar-refractivity contribution < 1.29 is 4.39 Å². The van der Waals surface area contributed by atoms with Crippen molar-refractivity contribution in [2.75, 3.05) is 5.73 Å². The average molecular weight is 435 g/mol. The van der Waals surface area contributed by atoms with Gasteiger partial charge in [0, 0.05) is 5.69 Å². The van der Waals surface area contributed by atoms with E-state index in [0.717, 1.165) is 10.9 Å². The Morgan fingerprint density at radius 2 is 1.90 bits per heavy atom. The molecule has 154 valence electrons. The molecule has 0 spiro atoms. The number of para-hydroxylation sites is 1. The number of hydrogen-bond acceptors (Lipinski definition) is 5. The maximum atomic E-state index is 14.7. The number of nitrogen functional groups attached to an aromatic ring is 1. The van der Waals surface area contributed by atoms with Gasteiger partial charge in [-0.25, -0.2) is 19.0 Å². The summed E-state index contributed by atoms with van der Waals surface area (Å²) >= 11 is 6.26. The summed E-state index contributed by atoms with van der Waals surface area (Å²) in [6, 6.07) is 13.6. The lowest BCUT2D eigenvalue weighted by atomic mass is 10.1. The zero-order valence-corrected chi connectivity index (χ0v) is 17.1. The fraction of sp³-hybridized carbons (Fsp3) is 0.0909. The van der Waals surface area contributed by atoms with Gasteiger partial charge in [-0.2, -0.15) is 5.10 Å². The largest absolute Gasteiger partial charge is 0.383 e. The SMILES string of the molecule is Cc1cccc2cc(Cn3nc(Cl)c4c(N)ncnc43)n(-c3ccccc3F)c(=O)c12. The van der Waals surface area contributed by atoms with Crippen LogP contribution in [0.3, 0.4) is 0 Å². The zero-order valence-electron chi connectivity index (χ0n) is 16.4. The number of hydrogen-bond donors (Lipinski definition) is 1. The number of halogens is 2. The van der Waals surface area contributed by atoms with Gasteiger partial charge in [0.1, 0.15) is 23.3 Å². The molecule has 9 heteroatoms. The number of fused-ring (bicyclic) bond motifs is 2. The van der Waals surface area contributed by atoms with Crippen molar-refractivity contribution in [2.45, 2.75) is 13.5 Å². The van der Waals surface area contributed by atoms with E-state index in [1.807, 2.05) is 31.2 Å². The first kappa shape index (κ1) is 19.2. The van der Waals surface area contributed by atoms with E-state index in [1.54, 1.807) is 18.2 Å². The van der Waals surface area contributed by atoms with E-state index >= 15 is 0 Å². The van der Waals surface area contributed by atoms with Crippen molar-refractivity contribution in [1.29, 1.82) is 0 Å². The van der Waals surface area contributed by atoms with E-state index < -0.39 is 5.82 Å². The van der Waals surface area contributed by atoms with Gasteiger partial charge in [-0.3, -0.25) is 9.36 Å². The molecule has 0 aliphatic heterocycles. The predicted octanol–water partition coefficient (Wildman–Crippen LogP) is 3.86. The Bertz CT molecular complexity index is 1540. The van der Waals surface area contributed by atoms with Crippen molar-refractivity contribution in [3.05, 3.63) is 87.4 Å². The minimum atomic E-state index is -0.506. The highest BCUT2D eigenvalue weighted by Gasteiger charge is 2.19. The summed E-state index contributed by atoms with van der Waals surface area (Å²) in [7, 11) is 0. The van der Waals surface area contributed by atoms with Gasteiger partial charge in [0.15, 0.2) is 10.8 Å². The highest BCUT2D eigenvalue weighted by Crippen LogP contribution is 2.27. The quantitative estimate of drug-likeness (QED) is 0.465. The van der Waals surface area contributed by atoms with Crippen LogP contribution in [0.15, 0.2) is 59.7 Å². The summed E-state index contributed by atoms with van der Waals surface area (Å²) in [5.74, 6) is -0.296. The number of anilines is 1. The summed E-state index contributed by atoms with van der Waals surface area (Å²) in [4.78, 5) is 21.7. The van der Waals surface area contributed by atoms with Gasteiger partial charge in [-0.05, 0) is 36.1 Å². The summed E-state index contributed by atoms with van der Waals surface area (Å²) in [6.45, 7) is 1.97. The second-order valence-electron chi connectivity index (χ2n) is 7.17. The fourth-order valence-corrected chi connectivity index (χ4v) is 4.13. The first-order valence-corrected chi connectivity index (χ1v) is 9.85. The maximum absolute atomic E-state index is 14.7. The van der Waals surface area contributed by atoms with Crippen LogP contribution in [-0.2, 0) is 6.54 Å². The van der Waals surface area contributed by atoms with Crippen LogP contribution in [0.4, 0.5) is 10.2 Å². The van der Waals surface area contributed by atoms with Gasteiger partial charge in [-0.1, -0.05) is 41.9 Å².